The van der Waals surface area contributed by atoms with Gasteiger partial charge in [-0.3, -0.25) is 14.7 Å². The van der Waals surface area contributed by atoms with E-state index in [-0.39, 0.29) is 5.91 Å². The van der Waals surface area contributed by atoms with Gasteiger partial charge in [0.1, 0.15) is 17.3 Å². The van der Waals surface area contributed by atoms with Gasteiger partial charge in [0.15, 0.2) is 0 Å². The number of carbonyl (C=O) groups excluding carboxylic acids is 2. The van der Waals surface area contributed by atoms with Crippen molar-refractivity contribution < 1.29 is 24.2 Å². The Morgan fingerprint density at radius 3 is 2.58 bits per heavy atom. The molecule has 0 fully saturated rings. The van der Waals surface area contributed by atoms with Gasteiger partial charge in [0.2, 0.25) is 5.91 Å². The fourth-order valence-corrected chi connectivity index (χ4v) is 3.37. The van der Waals surface area contributed by atoms with Crippen molar-refractivity contribution in [1.82, 2.24) is 19.8 Å². The minimum Gasteiger partial charge on any atom is -0.464 e. The Labute approximate surface area is 191 Å². The predicted molar refractivity (Wildman–Crippen MR) is 124 cm³/mol. The third-order valence-corrected chi connectivity index (χ3v) is 5.05. The molecular formula is C23H27N5O5. The molecule has 0 spiro atoms. The second-order valence-electron chi connectivity index (χ2n) is 7.22. The largest absolute Gasteiger partial charge is 0.464 e. The summed E-state index contributed by atoms with van der Waals surface area (Å²) in [6.45, 7) is 5.59. The molecule has 2 heterocycles. The number of amides is 3. The molecule has 0 saturated carbocycles. The zero-order valence-electron chi connectivity index (χ0n) is 18.6. The standard InChI is InChI=1S/C23H27N5O5/c1-3-27(4-2)21(29)6-5-11-25-22(30)26-20-15-18(9-12-24-20)33-17-7-8-19-16(14-17)10-13-28(19)23(31)32/h7-10,12-15H,3-6,11H2,1-2H3,(H,31,32)(H2,24,25,26,30). The average molecular weight is 453 g/mol. The number of hydrogen-bond acceptors (Lipinski definition) is 5. The maximum atomic E-state index is 12.1. The molecule has 33 heavy (non-hydrogen) atoms. The fourth-order valence-electron chi connectivity index (χ4n) is 3.37. The molecule has 3 amide bonds. The van der Waals surface area contributed by atoms with Gasteiger partial charge in [0, 0.05) is 49.9 Å². The summed E-state index contributed by atoms with van der Waals surface area (Å²) in [6, 6.07) is 9.56. The summed E-state index contributed by atoms with van der Waals surface area (Å²) in [5.74, 6) is 1.36. The van der Waals surface area contributed by atoms with E-state index in [0.29, 0.717) is 55.3 Å². The van der Waals surface area contributed by atoms with E-state index in [1.807, 2.05) is 13.8 Å². The molecule has 174 valence electrons. The first-order valence-corrected chi connectivity index (χ1v) is 10.7. The van der Waals surface area contributed by atoms with Crippen LogP contribution < -0.4 is 15.4 Å². The third-order valence-electron chi connectivity index (χ3n) is 5.05. The summed E-state index contributed by atoms with van der Waals surface area (Å²) < 4.78 is 6.97. The number of urea groups is 1. The summed E-state index contributed by atoms with van der Waals surface area (Å²) in [4.78, 5) is 41.2. The molecule has 0 aliphatic carbocycles. The van der Waals surface area contributed by atoms with E-state index in [1.54, 1.807) is 41.3 Å². The first kappa shape index (κ1) is 23.6. The zero-order chi connectivity index (χ0) is 23.8. The van der Waals surface area contributed by atoms with Gasteiger partial charge in [-0.05, 0) is 50.6 Å². The number of anilines is 1. The number of rotatable bonds is 9. The second-order valence-corrected chi connectivity index (χ2v) is 7.22. The maximum Gasteiger partial charge on any atom is 0.415 e. The summed E-state index contributed by atoms with van der Waals surface area (Å²) in [5.41, 5.74) is 0.558. The Kier molecular flexibility index (Phi) is 7.85. The maximum absolute atomic E-state index is 12.1. The van der Waals surface area contributed by atoms with Crippen LogP contribution in [-0.2, 0) is 4.79 Å². The molecule has 0 aliphatic heterocycles. The summed E-state index contributed by atoms with van der Waals surface area (Å²) in [7, 11) is 0. The highest BCUT2D eigenvalue weighted by molar-refractivity contribution is 5.90. The van der Waals surface area contributed by atoms with Crippen molar-refractivity contribution in [3.8, 4) is 11.5 Å². The van der Waals surface area contributed by atoms with Crippen LogP contribution in [0.2, 0.25) is 0 Å². The van der Waals surface area contributed by atoms with Gasteiger partial charge < -0.3 is 20.1 Å². The normalized spacial score (nSPS) is 10.6. The lowest BCUT2D eigenvalue weighted by molar-refractivity contribution is -0.130. The molecule has 1 aromatic carbocycles. The zero-order valence-corrected chi connectivity index (χ0v) is 18.6. The molecular weight excluding hydrogens is 426 g/mol. The number of aromatic nitrogens is 2. The number of benzene rings is 1. The van der Waals surface area contributed by atoms with Crippen LogP contribution in [0.4, 0.5) is 15.4 Å². The van der Waals surface area contributed by atoms with Gasteiger partial charge in [-0.15, -0.1) is 0 Å². The molecule has 10 nitrogen and oxygen atoms in total. The fraction of sp³-hybridized carbons (Fsp3) is 0.304. The quantitative estimate of drug-likeness (QED) is 0.418. The molecule has 0 atom stereocenters. The first-order valence-electron chi connectivity index (χ1n) is 10.7. The number of nitrogens with zero attached hydrogens (tertiary/aromatic N) is 3. The highest BCUT2D eigenvalue weighted by atomic mass is 16.5. The smallest absolute Gasteiger partial charge is 0.415 e. The first-order chi connectivity index (χ1) is 15.9. The molecule has 0 radical (unpaired) electrons. The van der Waals surface area contributed by atoms with Crippen molar-refractivity contribution in [1.29, 1.82) is 0 Å². The number of hydrogen-bond donors (Lipinski definition) is 3. The van der Waals surface area contributed by atoms with Crippen molar-refractivity contribution in [2.24, 2.45) is 0 Å². The molecule has 3 rings (SSSR count). The molecule has 3 aromatic rings. The topological polar surface area (TPSA) is 126 Å². The molecule has 3 N–H and O–H groups in total. The Hall–Kier alpha value is -4.08. The summed E-state index contributed by atoms with van der Waals surface area (Å²) in [5, 5.41) is 15.3. The molecule has 0 bridgehead atoms. The lowest BCUT2D eigenvalue weighted by Crippen LogP contribution is -2.33. The molecule has 0 aliphatic rings. The molecule has 10 heteroatoms. The molecule has 2 aromatic heterocycles. The van der Waals surface area contributed by atoms with Crippen LogP contribution in [0.15, 0.2) is 48.8 Å². The minimum absolute atomic E-state index is 0.0754. The van der Waals surface area contributed by atoms with E-state index in [2.05, 4.69) is 15.6 Å². The van der Waals surface area contributed by atoms with E-state index < -0.39 is 12.1 Å². The van der Waals surface area contributed by atoms with Gasteiger partial charge in [0.25, 0.3) is 0 Å². The van der Waals surface area contributed by atoms with E-state index in [9.17, 15) is 19.5 Å². The van der Waals surface area contributed by atoms with E-state index in [4.69, 9.17) is 4.74 Å². The van der Waals surface area contributed by atoms with E-state index >= 15 is 0 Å². The van der Waals surface area contributed by atoms with Crippen LogP contribution in [0.1, 0.15) is 26.7 Å². The van der Waals surface area contributed by atoms with E-state index in [0.717, 1.165) is 9.95 Å². The van der Waals surface area contributed by atoms with Crippen LogP contribution >= 0.6 is 0 Å². The van der Waals surface area contributed by atoms with Gasteiger partial charge >= 0.3 is 12.1 Å². The Bertz CT molecular complexity index is 1140. The van der Waals surface area contributed by atoms with Crippen molar-refractivity contribution in [2.75, 3.05) is 25.0 Å². The van der Waals surface area contributed by atoms with Crippen LogP contribution in [0.25, 0.3) is 10.9 Å². The number of fused-ring (bicyclic) bond motifs is 1. The highest BCUT2D eigenvalue weighted by Crippen LogP contribution is 2.27. The van der Waals surface area contributed by atoms with Gasteiger partial charge in [0.05, 0.1) is 5.52 Å². The van der Waals surface area contributed by atoms with Crippen LogP contribution in [-0.4, -0.2) is 57.2 Å². The Balaban J connectivity index is 1.52. The summed E-state index contributed by atoms with van der Waals surface area (Å²) >= 11 is 0. The van der Waals surface area contributed by atoms with Gasteiger partial charge in [-0.25, -0.2) is 14.6 Å². The highest BCUT2D eigenvalue weighted by Gasteiger charge is 2.11. The number of nitrogens with one attached hydrogen (secondary N) is 2. The lowest BCUT2D eigenvalue weighted by Gasteiger charge is -2.18. The number of carboxylic acid groups (broad SMARTS) is 1. The summed E-state index contributed by atoms with van der Waals surface area (Å²) in [6.07, 6.45) is 2.85. The lowest BCUT2D eigenvalue weighted by atomic mass is 10.2. The monoisotopic (exact) mass is 453 g/mol. The minimum atomic E-state index is -1.06. The molecule has 0 unspecified atom stereocenters. The predicted octanol–water partition coefficient (Wildman–Crippen LogP) is 4.12. The average Bonchev–Trinajstić information content (AvgIpc) is 3.21. The van der Waals surface area contributed by atoms with Crippen LogP contribution in [0, 0.1) is 0 Å². The number of pyridine rings is 1. The third kappa shape index (κ3) is 6.22. The SMILES string of the molecule is CCN(CC)C(=O)CCCNC(=O)Nc1cc(Oc2ccc3c(ccn3C(=O)O)c2)ccn1. The second kappa shape index (κ2) is 11.0. The van der Waals surface area contributed by atoms with Crippen molar-refractivity contribution in [3.05, 3.63) is 48.8 Å². The van der Waals surface area contributed by atoms with Crippen LogP contribution in [0.3, 0.4) is 0 Å². The van der Waals surface area contributed by atoms with E-state index in [1.165, 1.54) is 12.4 Å². The van der Waals surface area contributed by atoms with Gasteiger partial charge in [-0.2, -0.15) is 0 Å². The Morgan fingerprint density at radius 2 is 1.85 bits per heavy atom. The Morgan fingerprint density at radius 1 is 1.09 bits per heavy atom. The van der Waals surface area contributed by atoms with Gasteiger partial charge in [-0.1, -0.05) is 0 Å². The van der Waals surface area contributed by atoms with Crippen LogP contribution in [0.5, 0.6) is 11.5 Å². The molecule has 0 saturated heterocycles. The van der Waals surface area contributed by atoms with Crippen molar-refractivity contribution >= 4 is 34.8 Å². The number of carbonyl (C=O) groups is 3. The van der Waals surface area contributed by atoms with Crippen molar-refractivity contribution in [2.45, 2.75) is 26.7 Å². The van der Waals surface area contributed by atoms with Crippen molar-refractivity contribution in [3.63, 3.8) is 0 Å². The number of ether oxygens (including phenoxy) is 1.